The number of hydrogen-bond donors (Lipinski definition) is 1. The first-order valence-corrected chi connectivity index (χ1v) is 5.48. The van der Waals surface area contributed by atoms with Gasteiger partial charge in [0.15, 0.2) is 0 Å². The van der Waals surface area contributed by atoms with E-state index in [1.165, 1.54) is 6.33 Å². The van der Waals surface area contributed by atoms with E-state index in [2.05, 4.69) is 27.3 Å². The van der Waals surface area contributed by atoms with Crippen molar-refractivity contribution >= 4 is 11.5 Å². The van der Waals surface area contributed by atoms with Crippen molar-refractivity contribution in [3.63, 3.8) is 0 Å². The van der Waals surface area contributed by atoms with Crippen LogP contribution in [0.5, 0.6) is 5.88 Å². The third-order valence-corrected chi connectivity index (χ3v) is 2.07. The molecular weight excluding hydrogens is 218 g/mol. The van der Waals surface area contributed by atoms with Crippen molar-refractivity contribution < 1.29 is 4.74 Å². The summed E-state index contributed by atoms with van der Waals surface area (Å²) >= 11 is 0. The molecule has 0 unspecified atom stereocenters. The number of anilines is 2. The molecule has 2 aromatic rings. The van der Waals surface area contributed by atoms with Crippen molar-refractivity contribution in [2.75, 3.05) is 11.9 Å². The Balaban J connectivity index is 2.05. The van der Waals surface area contributed by atoms with Crippen LogP contribution in [0, 0.1) is 0 Å². The molecule has 2 aromatic heterocycles. The van der Waals surface area contributed by atoms with Gasteiger partial charge in [0.2, 0.25) is 5.88 Å². The minimum atomic E-state index is 0.577. The van der Waals surface area contributed by atoms with Gasteiger partial charge in [-0.15, -0.1) is 0 Å². The fourth-order valence-electron chi connectivity index (χ4n) is 1.33. The van der Waals surface area contributed by atoms with Crippen LogP contribution in [-0.2, 0) is 7.05 Å². The van der Waals surface area contributed by atoms with Crippen molar-refractivity contribution in [1.82, 2.24) is 19.7 Å². The van der Waals surface area contributed by atoms with Crippen LogP contribution in [0.25, 0.3) is 0 Å². The normalized spacial score (nSPS) is 10.2. The molecule has 0 atom stereocenters. The van der Waals surface area contributed by atoms with Crippen molar-refractivity contribution in [2.24, 2.45) is 7.05 Å². The number of aryl methyl sites for hydroxylation is 1. The SMILES string of the molecule is CCCOc1cc(Nc2cnn(C)c2)ncn1. The van der Waals surface area contributed by atoms with Gasteiger partial charge in [0.25, 0.3) is 0 Å². The van der Waals surface area contributed by atoms with Gasteiger partial charge in [-0.1, -0.05) is 6.92 Å². The molecule has 0 aliphatic carbocycles. The number of nitrogens with zero attached hydrogens (tertiary/aromatic N) is 4. The summed E-state index contributed by atoms with van der Waals surface area (Å²) in [5.74, 6) is 1.27. The maximum atomic E-state index is 5.43. The molecule has 0 saturated heterocycles. The summed E-state index contributed by atoms with van der Waals surface area (Å²) < 4.78 is 7.15. The Morgan fingerprint density at radius 1 is 1.41 bits per heavy atom. The number of rotatable bonds is 5. The summed E-state index contributed by atoms with van der Waals surface area (Å²) in [6.07, 6.45) is 6.03. The van der Waals surface area contributed by atoms with Crippen molar-refractivity contribution in [2.45, 2.75) is 13.3 Å². The van der Waals surface area contributed by atoms with Crippen LogP contribution in [0.3, 0.4) is 0 Å². The molecular formula is C11H15N5O. The molecule has 0 spiro atoms. The van der Waals surface area contributed by atoms with E-state index in [4.69, 9.17) is 4.74 Å². The molecule has 90 valence electrons. The molecule has 0 amide bonds. The highest BCUT2D eigenvalue weighted by atomic mass is 16.5. The van der Waals surface area contributed by atoms with Gasteiger partial charge >= 0.3 is 0 Å². The van der Waals surface area contributed by atoms with Gasteiger partial charge in [-0.25, -0.2) is 9.97 Å². The lowest BCUT2D eigenvalue weighted by atomic mass is 10.5. The molecule has 6 heteroatoms. The smallest absolute Gasteiger partial charge is 0.218 e. The van der Waals surface area contributed by atoms with Crippen LogP contribution >= 0.6 is 0 Å². The molecule has 0 aliphatic rings. The Bertz CT molecular complexity index is 482. The lowest BCUT2D eigenvalue weighted by Gasteiger charge is -2.05. The summed E-state index contributed by atoms with van der Waals surface area (Å²) in [4.78, 5) is 8.14. The number of hydrogen-bond acceptors (Lipinski definition) is 5. The largest absolute Gasteiger partial charge is 0.478 e. The van der Waals surface area contributed by atoms with Gasteiger partial charge in [0.1, 0.15) is 12.1 Å². The first-order chi connectivity index (χ1) is 8.28. The molecule has 17 heavy (non-hydrogen) atoms. The minimum absolute atomic E-state index is 0.577. The zero-order valence-corrected chi connectivity index (χ0v) is 9.92. The van der Waals surface area contributed by atoms with Gasteiger partial charge < -0.3 is 10.1 Å². The average molecular weight is 233 g/mol. The van der Waals surface area contributed by atoms with Crippen LogP contribution in [0.1, 0.15) is 13.3 Å². The molecule has 6 nitrogen and oxygen atoms in total. The standard InChI is InChI=1S/C11H15N5O/c1-3-4-17-11-5-10(12-8-13-11)15-9-6-14-16(2)7-9/h5-8H,3-4H2,1-2H3,(H,12,13,15). The van der Waals surface area contributed by atoms with Crippen LogP contribution in [0.4, 0.5) is 11.5 Å². The maximum absolute atomic E-state index is 5.43. The predicted molar refractivity (Wildman–Crippen MR) is 64.3 cm³/mol. The topological polar surface area (TPSA) is 64.9 Å². The Hall–Kier alpha value is -2.11. The second-order valence-corrected chi connectivity index (χ2v) is 3.62. The molecule has 0 aromatic carbocycles. The summed E-state index contributed by atoms with van der Waals surface area (Å²) in [5.41, 5.74) is 0.882. The van der Waals surface area contributed by atoms with E-state index in [0.717, 1.165) is 12.1 Å². The van der Waals surface area contributed by atoms with E-state index in [0.29, 0.717) is 18.3 Å². The maximum Gasteiger partial charge on any atom is 0.218 e. The summed E-state index contributed by atoms with van der Waals surface area (Å²) in [5, 5.41) is 7.19. The van der Waals surface area contributed by atoms with Gasteiger partial charge in [-0.05, 0) is 6.42 Å². The van der Waals surface area contributed by atoms with Gasteiger partial charge in [0, 0.05) is 19.3 Å². The zero-order valence-electron chi connectivity index (χ0n) is 9.92. The Morgan fingerprint density at radius 2 is 2.29 bits per heavy atom. The zero-order chi connectivity index (χ0) is 12.1. The predicted octanol–water partition coefficient (Wildman–Crippen LogP) is 1.74. The third-order valence-electron chi connectivity index (χ3n) is 2.07. The van der Waals surface area contributed by atoms with E-state index in [1.54, 1.807) is 16.9 Å². The summed E-state index contributed by atoms with van der Waals surface area (Å²) in [6, 6.07) is 1.77. The van der Waals surface area contributed by atoms with Crippen LogP contribution in [0.15, 0.2) is 24.8 Å². The number of nitrogens with one attached hydrogen (secondary N) is 1. The Labute approximate surface area is 99.7 Å². The minimum Gasteiger partial charge on any atom is -0.478 e. The van der Waals surface area contributed by atoms with Crippen molar-refractivity contribution in [1.29, 1.82) is 0 Å². The molecule has 0 aliphatic heterocycles. The van der Waals surface area contributed by atoms with Crippen LogP contribution < -0.4 is 10.1 Å². The fraction of sp³-hybridized carbons (Fsp3) is 0.364. The molecule has 2 rings (SSSR count). The highest BCUT2D eigenvalue weighted by Gasteiger charge is 2.01. The van der Waals surface area contributed by atoms with E-state index < -0.39 is 0 Å². The molecule has 0 radical (unpaired) electrons. The molecule has 0 saturated carbocycles. The lowest BCUT2D eigenvalue weighted by Crippen LogP contribution is -1.99. The van der Waals surface area contributed by atoms with E-state index >= 15 is 0 Å². The summed E-state index contributed by atoms with van der Waals surface area (Å²) in [6.45, 7) is 2.71. The average Bonchev–Trinajstić information content (AvgIpc) is 2.73. The van der Waals surface area contributed by atoms with E-state index in [9.17, 15) is 0 Å². The first-order valence-electron chi connectivity index (χ1n) is 5.48. The molecule has 0 bridgehead atoms. The van der Waals surface area contributed by atoms with Crippen LogP contribution in [-0.4, -0.2) is 26.4 Å². The monoisotopic (exact) mass is 233 g/mol. The lowest BCUT2D eigenvalue weighted by molar-refractivity contribution is 0.305. The Morgan fingerprint density at radius 3 is 3.00 bits per heavy atom. The first kappa shape index (κ1) is 11.4. The van der Waals surface area contributed by atoms with E-state index in [1.807, 2.05) is 13.2 Å². The fourth-order valence-corrected chi connectivity index (χ4v) is 1.33. The van der Waals surface area contributed by atoms with Crippen molar-refractivity contribution in [3.05, 3.63) is 24.8 Å². The third kappa shape index (κ3) is 3.17. The highest BCUT2D eigenvalue weighted by Crippen LogP contribution is 2.16. The quantitative estimate of drug-likeness (QED) is 0.852. The number of ether oxygens (including phenoxy) is 1. The summed E-state index contributed by atoms with van der Waals surface area (Å²) in [7, 11) is 1.86. The van der Waals surface area contributed by atoms with Gasteiger partial charge in [-0.2, -0.15) is 5.10 Å². The van der Waals surface area contributed by atoms with Crippen LogP contribution in [0.2, 0.25) is 0 Å². The van der Waals surface area contributed by atoms with Gasteiger partial charge in [0.05, 0.1) is 18.5 Å². The number of aromatic nitrogens is 4. The van der Waals surface area contributed by atoms with Gasteiger partial charge in [-0.3, -0.25) is 4.68 Å². The second kappa shape index (κ2) is 5.29. The molecule has 2 heterocycles. The molecule has 1 N–H and O–H groups in total. The second-order valence-electron chi connectivity index (χ2n) is 3.62. The highest BCUT2D eigenvalue weighted by molar-refractivity contribution is 5.54. The van der Waals surface area contributed by atoms with Crippen molar-refractivity contribution in [3.8, 4) is 5.88 Å². The Kier molecular flexibility index (Phi) is 3.54. The van der Waals surface area contributed by atoms with E-state index in [-0.39, 0.29) is 0 Å². The molecule has 0 fully saturated rings.